The number of methoxy groups -OCH3 is 2. The summed E-state index contributed by atoms with van der Waals surface area (Å²) in [6, 6.07) is 3.04. The topological polar surface area (TPSA) is 64.6 Å². The predicted octanol–water partition coefficient (Wildman–Crippen LogP) is 2.20. The largest absolute Gasteiger partial charge is 0.493 e. The Hall–Kier alpha value is -1.14. The molecule has 0 aliphatic rings. The van der Waals surface area contributed by atoms with Crippen molar-refractivity contribution in [3.8, 4) is 11.5 Å². The summed E-state index contributed by atoms with van der Waals surface area (Å²) in [6.45, 7) is 1.77. The van der Waals surface area contributed by atoms with Crippen LogP contribution in [0, 0.1) is 0 Å². The number of nitrogens with one attached hydrogen (secondary N) is 1. The molecule has 5 nitrogen and oxygen atoms in total. The van der Waals surface area contributed by atoms with E-state index in [-0.39, 0.29) is 11.8 Å². The number of sulfone groups is 1. The van der Waals surface area contributed by atoms with Crippen molar-refractivity contribution in [1.29, 1.82) is 0 Å². The first-order valence-corrected chi connectivity index (χ1v) is 8.06. The van der Waals surface area contributed by atoms with E-state index in [1.807, 2.05) is 0 Å². The predicted molar refractivity (Wildman–Crippen MR) is 77.4 cm³/mol. The zero-order valence-electron chi connectivity index (χ0n) is 11.4. The van der Waals surface area contributed by atoms with Crippen LogP contribution in [0.1, 0.15) is 6.92 Å². The summed E-state index contributed by atoms with van der Waals surface area (Å²) >= 11 is 6.10. The zero-order chi connectivity index (χ0) is 14.6. The van der Waals surface area contributed by atoms with E-state index in [0.717, 1.165) is 0 Å². The first-order chi connectivity index (χ1) is 8.76. The van der Waals surface area contributed by atoms with Crippen molar-refractivity contribution in [2.75, 3.05) is 31.5 Å². The fraction of sp³-hybridized carbons (Fsp3) is 0.500. The first-order valence-electron chi connectivity index (χ1n) is 5.62. The third kappa shape index (κ3) is 4.80. The van der Waals surface area contributed by atoms with Crippen molar-refractivity contribution in [3.05, 3.63) is 17.2 Å². The van der Waals surface area contributed by atoms with E-state index >= 15 is 0 Å². The molecule has 0 aromatic heterocycles. The summed E-state index contributed by atoms with van der Waals surface area (Å²) in [4.78, 5) is 0. The summed E-state index contributed by atoms with van der Waals surface area (Å²) in [7, 11) is -0.00167. The van der Waals surface area contributed by atoms with E-state index < -0.39 is 9.84 Å². The van der Waals surface area contributed by atoms with Crippen LogP contribution < -0.4 is 14.8 Å². The van der Waals surface area contributed by atoms with Crippen LogP contribution >= 0.6 is 11.6 Å². The summed E-state index contributed by atoms with van der Waals surface area (Å²) in [5.74, 6) is 1.08. The van der Waals surface area contributed by atoms with Crippen LogP contribution in [0.3, 0.4) is 0 Å². The fourth-order valence-electron chi connectivity index (χ4n) is 1.73. The van der Waals surface area contributed by atoms with Gasteiger partial charge in [0.25, 0.3) is 0 Å². The Kier molecular flexibility index (Phi) is 5.31. The Labute approximate surface area is 118 Å². The molecule has 0 spiro atoms. The van der Waals surface area contributed by atoms with Crippen LogP contribution in [-0.2, 0) is 9.84 Å². The minimum atomic E-state index is -3.05. The molecule has 0 heterocycles. The van der Waals surface area contributed by atoms with Crippen molar-refractivity contribution in [3.63, 3.8) is 0 Å². The van der Waals surface area contributed by atoms with E-state index in [1.165, 1.54) is 20.5 Å². The molecule has 0 bridgehead atoms. The Morgan fingerprint density at radius 1 is 1.26 bits per heavy atom. The second-order valence-electron chi connectivity index (χ2n) is 4.32. The van der Waals surface area contributed by atoms with Gasteiger partial charge in [-0.25, -0.2) is 8.42 Å². The molecule has 1 unspecified atom stereocenters. The minimum Gasteiger partial charge on any atom is -0.493 e. The van der Waals surface area contributed by atoms with Crippen molar-refractivity contribution < 1.29 is 17.9 Å². The quantitative estimate of drug-likeness (QED) is 0.873. The summed E-state index contributed by atoms with van der Waals surface area (Å²) in [5.41, 5.74) is 0.607. The maximum Gasteiger partial charge on any atom is 0.162 e. The van der Waals surface area contributed by atoms with E-state index in [9.17, 15) is 8.42 Å². The minimum absolute atomic E-state index is 0.0255. The molecule has 19 heavy (non-hydrogen) atoms. The molecule has 108 valence electrons. The van der Waals surface area contributed by atoms with Crippen molar-refractivity contribution in [1.82, 2.24) is 0 Å². The number of benzene rings is 1. The molecular weight excluding hydrogens is 290 g/mol. The van der Waals surface area contributed by atoms with Crippen LogP contribution in [0.5, 0.6) is 11.5 Å². The second-order valence-corrected chi connectivity index (χ2v) is 6.92. The molecule has 0 radical (unpaired) electrons. The van der Waals surface area contributed by atoms with Gasteiger partial charge in [0.05, 0.1) is 30.7 Å². The molecule has 1 aromatic carbocycles. The van der Waals surface area contributed by atoms with Crippen molar-refractivity contribution in [2.45, 2.75) is 13.0 Å². The van der Waals surface area contributed by atoms with E-state index in [1.54, 1.807) is 19.1 Å². The molecule has 7 heteroatoms. The van der Waals surface area contributed by atoms with Gasteiger partial charge in [-0.1, -0.05) is 11.6 Å². The average molecular weight is 308 g/mol. The lowest BCUT2D eigenvalue weighted by Crippen LogP contribution is -2.25. The molecule has 1 N–H and O–H groups in total. The van der Waals surface area contributed by atoms with Gasteiger partial charge in [0.2, 0.25) is 0 Å². The van der Waals surface area contributed by atoms with Gasteiger partial charge in [0.15, 0.2) is 11.5 Å². The zero-order valence-corrected chi connectivity index (χ0v) is 12.9. The van der Waals surface area contributed by atoms with Crippen LogP contribution in [0.2, 0.25) is 5.02 Å². The van der Waals surface area contributed by atoms with Crippen LogP contribution in [-0.4, -0.2) is 40.7 Å². The Balaban J connectivity index is 2.95. The summed E-state index contributed by atoms with van der Waals surface area (Å²) in [5, 5.41) is 3.49. The highest BCUT2D eigenvalue weighted by Gasteiger charge is 2.14. The normalized spacial score (nSPS) is 12.9. The number of halogens is 1. The Morgan fingerprint density at radius 3 is 2.26 bits per heavy atom. The van der Waals surface area contributed by atoms with Crippen molar-refractivity contribution >= 4 is 27.1 Å². The smallest absolute Gasteiger partial charge is 0.162 e. The average Bonchev–Trinajstić information content (AvgIpc) is 2.28. The lowest BCUT2D eigenvalue weighted by Gasteiger charge is -2.17. The van der Waals surface area contributed by atoms with Gasteiger partial charge in [-0.2, -0.15) is 0 Å². The van der Waals surface area contributed by atoms with Crippen molar-refractivity contribution in [2.24, 2.45) is 0 Å². The lowest BCUT2D eigenvalue weighted by atomic mass is 10.2. The molecule has 1 aromatic rings. The number of ether oxygens (including phenoxy) is 2. The molecule has 1 atom stereocenters. The van der Waals surface area contributed by atoms with Gasteiger partial charge in [0.1, 0.15) is 9.84 Å². The van der Waals surface area contributed by atoms with E-state index in [4.69, 9.17) is 21.1 Å². The number of anilines is 1. The number of hydrogen-bond acceptors (Lipinski definition) is 5. The Bertz CT molecular complexity index is 545. The van der Waals surface area contributed by atoms with Gasteiger partial charge >= 0.3 is 0 Å². The third-order valence-electron chi connectivity index (χ3n) is 2.43. The second kappa shape index (κ2) is 6.34. The highest BCUT2D eigenvalue weighted by molar-refractivity contribution is 7.90. The monoisotopic (exact) mass is 307 g/mol. The Morgan fingerprint density at radius 2 is 1.79 bits per heavy atom. The fourth-order valence-corrected chi connectivity index (χ4v) is 2.93. The standard InChI is InChI=1S/C12H18ClNO4S/c1-8(7-19(4,15)16)14-10-6-12(18-3)11(17-2)5-9(10)13/h5-6,8,14H,7H2,1-4H3. The first kappa shape index (κ1) is 15.9. The molecule has 0 saturated carbocycles. The van der Waals surface area contributed by atoms with Gasteiger partial charge in [-0.15, -0.1) is 0 Å². The van der Waals surface area contributed by atoms with Crippen LogP contribution in [0.25, 0.3) is 0 Å². The third-order valence-corrected chi connectivity index (χ3v) is 3.85. The highest BCUT2D eigenvalue weighted by atomic mass is 35.5. The molecule has 0 aliphatic carbocycles. The molecule has 0 saturated heterocycles. The maximum absolute atomic E-state index is 11.2. The molecular formula is C12H18ClNO4S. The maximum atomic E-state index is 11.2. The van der Waals surface area contributed by atoms with Gasteiger partial charge < -0.3 is 14.8 Å². The van der Waals surface area contributed by atoms with Gasteiger partial charge in [-0.05, 0) is 6.92 Å². The SMILES string of the molecule is COc1cc(Cl)c(NC(C)CS(C)(=O)=O)cc1OC. The number of rotatable bonds is 6. The molecule has 1 rings (SSSR count). The van der Waals surface area contributed by atoms with Gasteiger partial charge in [0, 0.05) is 24.4 Å². The molecule has 0 amide bonds. The number of hydrogen-bond donors (Lipinski definition) is 1. The highest BCUT2D eigenvalue weighted by Crippen LogP contribution is 2.36. The lowest BCUT2D eigenvalue weighted by molar-refractivity contribution is 0.355. The molecule has 0 fully saturated rings. The van der Waals surface area contributed by atoms with Crippen LogP contribution in [0.4, 0.5) is 5.69 Å². The molecule has 0 aliphatic heterocycles. The summed E-state index contributed by atoms with van der Waals surface area (Å²) < 4.78 is 32.7. The van der Waals surface area contributed by atoms with Crippen LogP contribution in [0.15, 0.2) is 12.1 Å². The summed E-state index contributed by atoms with van der Waals surface area (Å²) in [6.07, 6.45) is 1.20. The van der Waals surface area contributed by atoms with E-state index in [2.05, 4.69) is 5.32 Å². The van der Waals surface area contributed by atoms with E-state index in [0.29, 0.717) is 22.2 Å². The van der Waals surface area contributed by atoms with Gasteiger partial charge in [-0.3, -0.25) is 0 Å².